The predicted molar refractivity (Wildman–Crippen MR) is 78.7 cm³/mol. The number of ether oxygens (including phenoxy) is 1. The van der Waals surface area contributed by atoms with E-state index in [1.54, 1.807) is 6.08 Å². The summed E-state index contributed by atoms with van der Waals surface area (Å²) in [4.78, 5) is 0. The van der Waals surface area contributed by atoms with Crippen LogP contribution >= 0.6 is 0 Å². The van der Waals surface area contributed by atoms with Crippen LogP contribution in [0, 0.1) is 10.8 Å². The van der Waals surface area contributed by atoms with Crippen LogP contribution < -0.4 is 0 Å². The topological polar surface area (TPSA) is 131 Å². The molecule has 0 radical (unpaired) electrons. The number of hydrogen-bond donors (Lipinski definition) is 6. The van der Waals surface area contributed by atoms with Crippen LogP contribution in [0.1, 0.15) is 13.3 Å². The fourth-order valence-corrected chi connectivity index (χ4v) is 1.13. The van der Waals surface area contributed by atoms with Crippen LogP contribution in [0.2, 0.25) is 0 Å². The van der Waals surface area contributed by atoms with Crippen LogP contribution in [-0.2, 0) is 4.74 Å². The molecule has 21 heavy (non-hydrogen) atoms. The molecule has 128 valence electrons. The van der Waals surface area contributed by atoms with E-state index in [-0.39, 0.29) is 46.2 Å². The summed E-state index contributed by atoms with van der Waals surface area (Å²) < 4.78 is 5.02. The molecule has 0 rings (SSSR count). The summed E-state index contributed by atoms with van der Waals surface area (Å²) in [5.74, 6) is 0. The predicted octanol–water partition coefficient (Wildman–Crippen LogP) is -1.49. The van der Waals surface area contributed by atoms with Gasteiger partial charge >= 0.3 is 0 Å². The van der Waals surface area contributed by atoms with Crippen LogP contribution in [0.4, 0.5) is 0 Å². The van der Waals surface area contributed by atoms with E-state index in [2.05, 4.69) is 6.58 Å². The van der Waals surface area contributed by atoms with Crippen LogP contribution in [0.5, 0.6) is 0 Å². The fraction of sp³-hybridized carbons (Fsp3) is 0.857. The Kier molecular flexibility index (Phi) is 14.2. The maximum Gasteiger partial charge on any atom is 0.0645 e. The van der Waals surface area contributed by atoms with Crippen LogP contribution in [0.25, 0.3) is 0 Å². The van der Waals surface area contributed by atoms with Crippen molar-refractivity contribution in [1.29, 1.82) is 0 Å². The molecule has 7 heteroatoms. The standard InChI is InChI=1S/C8H16O4.C6H14O3/c1-2-3-12-7-8(4-9,5-10)6-11;1-2-6(3-7,4-8)5-9/h2,9-11H,1,3-7H2;7-9H,2-5H2,1H3. The minimum Gasteiger partial charge on any atom is -0.396 e. The molecule has 0 unspecified atom stereocenters. The van der Waals surface area contributed by atoms with E-state index in [0.29, 0.717) is 13.0 Å². The molecule has 0 amide bonds. The summed E-state index contributed by atoms with van der Waals surface area (Å²) in [6, 6.07) is 0. The molecular formula is C14H30O7. The molecule has 0 atom stereocenters. The molecule has 0 heterocycles. The summed E-state index contributed by atoms with van der Waals surface area (Å²) in [7, 11) is 0. The highest BCUT2D eigenvalue weighted by Gasteiger charge is 2.28. The summed E-state index contributed by atoms with van der Waals surface area (Å²) >= 11 is 0. The lowest BCUT2D eigenvalue weighted by atomic mass is 9.88. The van der Waals surface area contributed by atoms with Gasteiger partial charge in [0.2, 0.25) is 0 Å². The molecule has 0 bridgehead atoms. The Morgan fingerprint density at radius 2 is 1.19 bits per heavy atom. The van der Waals surface area contributed by atoms with Gasteiger partial charge in [-0.3, -0.25) is 0 Å². The summed E-state index contributed by atoms with van der Waals surface area (Å²) in [6.45, 7) is 4.39. The van der Waals surface area contributed by atoms with Gasteiger partial charge in [0.25, 0.3) is 0 Å². The Balaban J connectivity index is 0. The third-order valence-corrected chi connectivity index (χ3v) is 3.41. The smallest absolute Gasteiger partial charge is 0.0645 e. The van der Waals surface area contributed by atoms with Gasteiger partial charge in [-0.1, -0.05) is 13.0 Å². The second-order valence-corrected chi connectivity index (χ2v) is 5.11. The van der Waals surface area contributed by atoms with Gasteiger partial charge in [-0.2, -0.15) is 0 Å². The lowest BCUT2D eigenvalue weighted by Crippen LogP contribution is -2.38. The zero-order valence-corrected chi connectivity index (χ0v) is 12.7. The van der Waals surface area contributed by atoms with E-state index in [9.17, 15) is 0 Å². The Labute approximate surface area is 126 Å². The van der Waals surface area contributed by atoms with Crippen LogP contribution in [0.3, 0.4) is 0 Å². The average molecular weight is 310 g/mol. The van der Waals surface area contributed by atoms with Gasteiger partial charge in [-0.15, -0.1) is 6.58 Å². The number of aliphatic hydroxyl groups is 6. The van der Waals surface area contributed by atoms with E-state index in [4.69, 9.17) is 35.4 Å². The van der Waals surface area contributed by atoms with Gasteiger partial charge in [0.1, 0.15) is 0 Å². The van der Waals surface area contributed by atoms with Gasteiger partial charge in [0.05, 0.1) is 58.3 Å². The van der Waals surface area contributed by atoms with Crippen molar-refractivity contribution < 1.29 is 35.4 Å². The Hall–Kier alpha value is -0.540. The van der Waals surface area contributed by atoms with E-state index < -0.39 is 10.8 Å². The molecule has 0 aliphatic carbocycles. The second-order valence-electron chi connectivity index (χ2n) is 5.11. The summed E-state index contributed by atoms with van der Waals surface area (Å²) in [5.41, 5.74) is -1.59. The largest absolute Gasteiger partial charge is 0.396 e. The molecular weight excluding hydrogens is 280 g/mol. The van der Waals surface area contributed by atoms with Crippen molar-refractivity contribution in [2.24, 2.45) is 10.8 Å². The molecule has 0 aliphatic rings. The Bertz CT molecular complexity index is 212. The maximum atomic E-state index is 8.85. The Morgan fingerprint density at radius 1 is 0.810 bits per heavy atom. The lowest BCUT2D eigenvalue weighted by Gasteiger charge is -2.26. The molecule has 0 saturated heterocycles. The van der Waals surface area contributed by atoms with Crippen molar-refractivity contribution in [2.75, 3.05) is 52.9 Å². The highest BCUT2D eigenvalue weighted by atomic mass is 16.5. The SMILES string of the molecule is C=CCOCC(CO)(CO)CO.CCC(CO)(CO)CO. The van der Waals surface area contributed by atoms with Crippen molar-refractivity contribution in [3.8, 4) is 0 Å². The summed E-state index contributed by atoms with van der Waals surface area (Å²) in [6.07, 6.45) is 2.16. The van der Waals surface area contributed by atoms with E-state index >= 15 is 0 Å². The zero-order valence-electron chi connectivity index (χ0n) is 12.7. The van der Waals surface area contributed by atoms with Crippen molar-refractivity contribution in [3.05, 3.63) is 12.7 Å². The van der Waals surface area contributed by atoms with E-state index in [1.165, 1.54) is 0 Å². The van der Waals surface area contributed by atoms with Gasteiger partial charge in [-0.25, -0.2) is 0 Å². The number of hydrogen-bond acceptors (Lipinski definition) is 7. The van der Waals surface area contributed by atoms with E-state index in [0.717, 1.165) is 0 Å². The molecule has 0 saturated carbocycles. The zero-order chi connectivity index (χ0) is 16.8. The van der Waals surface area contributed by atoms with Crippen LogP contribution in [0.15, 0.2) is 12.7 Å². The van der Waals surface area contributed by atoms with Crippen molar-refractivity contribution in [3.63, 3.8) is 0 Å². The lowest BCUT2D eigenvalue weighted by molar-refractivity contribution is -0.0523. The molecule has 0 spiro atoms. The minimum absolute atomic E-state index is 0.127. The number of aliphatic hydroxyl groups excluding tert-OH is 6. The highest BCUT2D eigenvalue weighted by molar-refractivity contribution is 4.77. The first-order valence-electron chi connectivity index (χ1n) is 6.83. The molecule has 0 aromatic rings. The third kappa shape index (κ3) is 8.47. The van der Waals surface area contributed by atoms with Crippen molar-refractivity contribution in [2.45, 2.75) is 13.3 Å². The third-order valence-electron chi connectivity index (χ3n) is 3.41. The quantitative estimate of drug-likeness (QED) is 0.202. The van der Waals surface area contributed by atoms with Crippen molar-refractivity contribution >= 4 is 0 Å². The summed E-state index contributed by atoms with van der Waals surface area (Å²) in [5, 5.41) is 52.5. The van der Waals surface area contributed by atoms with Gasteiger partial charge in [-0.05, 0) is 6.42 Å². The monoisotopic (exact) mass is 310 g/mol. The highest BCUT2D eigenvalue weighted by Crippen LogP contribution is 2.18. The maximum absolute atomic E-state index is 8.85. The van der Waals surface area contributed by atoms with Gasteiger partial charge < -0.3 is 35.4 Å². The molecule has 7 nitrogen and oxygen atoms in total. The first-order valence-corrected chi connectivity index (χ1v) is 6.83. The van der Waals surface area contributed by atoms with E-state index in [1.807, 2.05) is 6.92 Å². The van der Waals surface area contributed by atoms with Crippen LogP contribution in [-0.4, -0.2) is 83.5 Å². The molecule has 0 aromatic heterocycles. The first kappa shape index (κ1) is 22.7. The number of rotatable bonds is 11. The average Bonchev–Trinajstić information content (AvgIpc) is 2.56. The van der Waals surface area contributed by atoms with Gasteiger partial charge in [0, 0.05) is 5.41 Å². The molecule has 0 aromatic carbocycles. The minimum atomic E-state index is -0.928. The normalized spacial score (nSPS) is 11.8. The van der Waals surface area contributed by atoms with Crippen molar-refractivity contribution in [1.82, 2.24) is 0 Å². The Morgan fingerprint density at radius 3 is 1.38 bits per heavy atom. The molecule has 0 fully saturated rings. The fourth-order valence-electron chi connectivity index (χ4n) is 1.13. The molecule has 0 aliphatic heterocycles. The first-order chi connectivity index (χ1) is 9.99. The molecule has 6 N–H and O–H groups in total. The second kappa shape index (κ2) is 13.1. The van der Waals surface area contributed by atoms with Gasteiger partial charge in [0.15, 0.2) is 0 Å².